The van der Waals surface area contributed by atoms with Gasteiger partial charge in [-0.15, -0.1) is 5.10 Å². The molecule has 2 aromatic heterocycles. The molecule has 1 aliphatic heterocycles. The van der Waals surface area contributed by atoms with Crippen LogP contribution in [0, 0.1) is 6.92 Å². The van der Waals surface area contributed by atoms with Crippen LogP contribution in [0.25, 0.3) is 16.7 Å². The summed E-state index contributed by atoms with van der Waals surface area (Å²) in [5.74, 6) is 1.24. The Hall–Kier alpha value is -3.48. The Labute approximate surface area is 175 Å². The summed E-state index contributed by atoms with van der Waals surface area (Å²) in [6.07, 6.45) is 4.63. The van der Waals surface area contributed by atoms with E-state index in [1.807, 2.05) is 41.9 Å². The molecule has 1 unspecified atom stereocenters. The van der Waals surface area contributed by atoms with Gasteiger partial charge >= 0.3 is 0 Å². The predicted octanol–water partition coefficient (Wildman–Crippen LogP) is 4.22. The van der Waals surface area contributed by atoms with Crippen molar-refractivity contribution in [2.45, 2.75) is 38.6 Å². The topological polar surface area (TPSA) is 85.8 Å². The molecule has 0 saturated carbocycles. The summed E-state index contributed by atoms with van der Waals surface area (Å²) in [6, 6.07) is 18.9. The third-order valence-corrected chi connectivity index (χ3v) is 5.76. The molecule has 1 saturated heterocycles. The fraction of sp³-hybridized carbons (Fsp3) is 0.304. The van der Waals surface area contributed by atoms with E-state index in [1.54, 1.807) is 0 Å². The third-order valence-electron chi connectivity index (χ3n) is 5.76. The minimum absolute atomic E-state index is 0.232. The number of fused-ring (bicyclic) bond motifs is 1. The van der Waals surface area contributed by atoms with Crippen molar-refractivity contribution < 1.29 is 0 Å². The van der Waals surface area contributed by atoms with E-state index >= 15 is 0 Å². The van der Waals surface area contributed by atoms with Gasteiger partial charge in [-0.3, -0.25) is 0 Å². The maximum atomic E-state index is 5.96. The van der Waals surface area contributed by atoms with Crippen LogP contribution in [0.3, 0.4) is 0 Å². The first-order valence-corrected chi connectivity index (χ1v) is 10.5. The number of nitrogens with two attached hydrogens (primary N) is 1. The van der Waals surface area contributed by atoms with E-state index in [4.69, 9.17) is 5.73 Å². The molecule has 1 aliphatic rings. The number of aryl methyl sites for hydroxylation is 1. The Bertz CT molecular complexity index is 1160. The molecule has 0 aliphatic carbocycles. The summed E-state index contributed by atoms with van der Waals surface area (Å²) in [7, 11) is 0. The lowest BCUT2D eigenvalue weighted by Gasteiger charge is -2.32. The number of para-hydroxylation sites is 1. The van der Waals surface area contributed by atoms with E-state index in [2.05, 4.69) is 49.4 Å². The van der Waals surface area contributed by atoms with Gasteiger partial charge in [-0.05, 0) is 49.6 Å². The first-order chi connectivity index (χ1) is 14.7. The van der Waals surface area contributed by atoms with Crippen LogP contribution >= 0.6 is 0 Å². The van der Waals surface area contributed by atoms with Crippen molar-refractivity contribution in [1.82, 2.24) is 25.0 Å². The van der Waals surface area contributed by atoms with Gasteiger partial charge in [0.25, 0.3) is 0 Å². The van der Waals surface area contributed by atoms with Crippen LogP contribution in [0.2, 0.25) is 0 Å². The van der Waals surface area contributed by atoms with Gasteiger partial charge in [0.1, 0.15) is 11.3 Å². The number of aromatic nitrogens is 5. The Morgan fingerprint density at radius 2 is 1.87 bits per heavy atom. The van der Waals surface area contributed by atoms with Crippen molar-refractivity contribution in [3.63, 3.8) is 0 Å². The molecule has 30 heavy (non-hydrogen) atoms. The van der Waals surface area contributed by atoms with Crippen LogP contribution in [0.5, 0.6) is 0 Å². The smallest absolute Gasteiger partial charge is 0.222 e. The SMILES string of the molecule is Cc1cc(N2CCCCCC2c2cccc(-n3nnc4ccccc43)c2)nc(N)n1. The summed E-state index contributed by atoms with van der Waals surface area (Å²) < 4.78 is 1.91. The highest BCUT2D eigenvalue weighted by atomic mass is 15.4. The maximum Gasteiger partial charge on any atom is 0.222 e. The van der Waals surface area contributed by atoms with E-state index in [1.165, 1.54) is 18.4 Å². The van der Waals surface area contributed by atoms with Gasteiger partial charge in [-0.25, -0.2) is 9.67 Å². The van der Waals surface area contributed by atoms with Crippen LogP contribution in [-0.2, 0) is 0 Å². The molecule has 0 bridgehead atoms. The zero-order valence-electron chi connectivity index (χ0n) is 17.1. The largest absolute Gasteiger partial charge is 0.368 e. The average molecular weight is 400 g/mol. The van der Waals surface area contributed by atoms with Crippen LogP contribution in [0.15, 0.2) is 54.6 Å². The highest BCUT2D eigenvalue weighted by Crippen LogP contribution is 2.34. The Morgan fingerprint density at radius 1 is 0.967 bits per heavy atom. The molecule has 2 aromatic carbocycles. The van der Waals surface area contributed by atoms with Crippen molar-refractivity contribution in [2.24, 2.45) is 0 Å². The molecule has 7 heteroatoms. The second kappa shape index (κ2) is 7.74. The van der Waals surface area contributed by atoms with Gasteiger partial charge in [0.05, 0.1) is 17.2 Å². The van der Waals surface area contributed by atoms with E-state index in [9.17, 15) is 0 Å². The first-order valence-electron chi connectivity index (χ1n) is 10.5. The van der Waals surface area contributed by atoms with Crippen molar-refractivity contribution in [2.75, 3.05) is 17.2 Å². The normalized spacial score (nSPS) is 17.2. The van der Waals surface area contributed by atoms with Crippen LogP contribution in [0.1, 0.15) is 43.0 Å². The monoisotopic (exact) mass is 399 g/mol. The zero-order valence-corrected chi connectivity index (χ0v) is 17.1. The van der Waals surface area contributed by atoms with E-state index in [0.29, 0.717) is 5.95 Å². The summed E-state index contributed by atoms with van der Waals surface area (Å²) in [4.78, 5) is 11.2. The fourth-order valence-electron chi connectivity index (χ4n) is 4.37. The Kier molecular flexibility index (Phi) is 4.78. The Balaban J connectivity index is 1.56. The molecular weight excluding hydrogens is 374 g/mol. The van der Waals surface area contributed by atoms with Crippen LogP contribution in [0.4, 0.5) is 11.8 Å². The predicted molar refractivity (Wildman–Crippen MR) is 119 cm³/mol. The van der Waals surface area contributed by atoms with Gasteiger partial charge in [0.2, 0.25) is 5.95 Å². The molecule has 1 fully saturated rings. The van der Waals surface area contributed by atoms with E-state index < -0.39 is 0 Å². The van der Waals surface area contributed by atoms with E-state index in [0.717, 1.165) is 47.6 Å². The van der Waals surface area contributed by atoms with Crippen LogP contribution < -0.4 is 10.6 Å². The molecular formula is C23H25N7. The summed E-state index contributed by atoms with van der Waals surface area (Å²) in [6.45, 7) is 2.92. The molecule has 0 amide bonds. The lowest BCUT2D eigenvalue weighted by atomic mass is 10.00. The fourth-order valence-corrected chi connectivity index (χ4v) is 4.37. The van der Waals surface area contributed by atoms with Crippen molar-refractivity contribution in [1.29, 1.82) is 0 Å². The van der Waals surface area contributed by atoms with Gasteiger partial charge in [-0.1, -0.05) is 42.3 Å². The van der Waals surface area contributed by atoms with Crippen molar-refractivity contribution >= 4 is 22.8 Å². The van der Waals surface area contributed by atoms with Gasteiger partial charge < -0.3 is 10.6 Å². The lowest BCUT2D eigenvalue weighted by molar-refractivity contribution is 0.596. The van der Waals surface area contributed by atoms with Crippen LogP contribution in [-0.4, -0.2) is 31.5 Å². The minimum atomic E-state index is 0.232. The number of hydrogen-bond acceptors (Lipinski definition) is 6. The molecule has 4 aromatic rings. The molecule has 0 radical (unpaired) electrons. The molecule has 3 heterocycles. The highest BCUT2D eigenvalue weighted by molar-refractivity contribution is 5.75. The number of nitrogen functional groups attached to an aromatic ring is 1. The first kappa shape index (κ1) is 18.5. The minimum Gasteiger partial charge on any atom is -0.368 e. The molecule has 5 rings (SSSR count). The Morgan fingerprint density at radius 3 is 2.77 bits per heavy atom. The summed E-state index contributed by atoms with van der Waals surface area (Å²) in [5.41, 5.74) is 11.0. The van der Waals surface area contributed by atoms with Gasteiger partial charge in [-0.2, -0.15) is 4.98 Å². The second-order valence-electron chi connectivity index (χ2n) is 7.87. The number of nitrogens with zero attached hydrogens (tertiary/aromatic N) is 6. The zero-order chi connectivity index (χ0) is 20.5. The van der Waals surface area contributed by atoms with Crippen molar-refractivity contribution in [3.05, 3.63) is 65.9 Å². The highest BCUT2D eigenvalue weighted by Gasteiger charge is 2.25. The standard InChI is InChI=1S/C23H25N7/c1-16-14-22(26-23(24)25-16)29-13-6-2-3-11-20(29)17-8-7-9-18(15-17)30-21-12-5-4-10-19(21)27-28-30/h4-5,7-10,12,14-15,20H,2-3,6,11,13H2,1H3,(H2,24,25,26). The second-order valence-corrected chi connectivity index (χ2v) is 7.87. The number of anilines is 2. The number of rotatable bonds is 3. The number of benzene rings is 2. The lowest BCUT2D eigenvalue weighted by Crippen LogP contribution is -2.29. The van der Waals surface area contributed by atoms with E-state index in [-0.39, 0.29) is 6.04 Å². The third kappa shape index (κ3) is 3.47. The molecule has 0 spiro atoms. The quantitative estimate of drug-likeness (QED) is 0.555. The average Bonchev–Trinajstić information content (AvgIpc) is 3.02. The number of hydrogen-bond donors (Lipinski definition) is 1. The molecule has 2 N–H and O–H groups in total. The molecule has 7 nitrogen and oxygen atoms in total. The summed E-state index contributed by atoms with van der Waals surface area (Å²) in [5, 5.41) is 8.69. The maximum absolute atomic E-state index is 5.96. The van der Waals surface area contributed by atoms with Crippen molar-refractivity contribution in [3.8, 4) is 5.69 Å². The van der Waals surface area contributed by atoms with Gasteiger partial charge in [0, 0.05) is 18.3 Å². The molecule has 1 atom stereocenters. The molecule has 152 valence electrons. The van der Waals surface area contributed by atoms with Gasteiger partial charge in [0.15, 0.2) is 0 Å². The summed E-state index contributed by atoms with van der Waals surface area (Å²) >= 11 is 0.